The minimum absolute atomic E-state index is 0.213. The van der Waals surface area contributed by atoms with Crippen molar-refractivity contribution < 1.29 is 33.0 Å². The van der Waals surface area contributed by atoms with Crippen LogP contribution in [0.2, 0.25) is 6.04 Å². The fourth-order valence-electron chi connectivity index (χ4n) is 3.58. The molecule has 0 rings (SSSR count). The van der Waals surface area contributed by atoms with Crippen LogP contribution < -0.4 is 5.73 Å². The van der Waals surface area contributed by atoms with Crippen molar-refractivity contribution in [2.24, 2.45) is 11.7 Å². The average Bonchev–Trinajstić information content (AvgIpc) is 2.79. The van der Waals surface area contributed by atoms with Crippen molar-refractivity contribution in [1.29, 1.82) is 0 Å². The maximum absolute atomic E-state index is 10.4. The summed E-state index contributed by atoms with van der Waals surface area (Å²) in [6.45, 7) is 7.87. The summed E-state index contributed by atoms with van der Waals surface area (Å²) in [6.07, 6.45) is 4.09. The minimum Gasteiger partial charge on any atom is -0.389 e. The summed E-state index contributed by atoms with van der Waals surface area (Å²) < 4.78 is 27.5. The Morgan fingerprint density at radius 1 is 0.875 bits per heavy atom. The number of unbranched alkanes of at least 4 members (excludes halogenated alkanes) is 1. The van der Waals surface area contributed by atoms with Crippen LogP contribution in [-0.2, 0) is 22.8 Å². The first-order valence-electron chi connectivity index (χ1n) is 12.0. The highest BCUT2D eigenvalue weighted by Gasteiger charge is 2.36. The lowest BCUT2D eigenvalue weighted by Gasteiger charge is -2.27. The molecule has 32 heavy (non-hydrogen) atoms. The molecule has 0 aliphatic heterocycles. The Labute approximate surface area is 196 Å². The Morgan fingerprint density at radius 3 is 1.97 bits per heavy atom. The van der Waals surface area contributed by atoms with Crippen LogP contribution in [0.1, 0.15) is 46.0 Å². The van der Waals surface area contributed by atoms with E-state index in [2.05, 4.69) is 13.8 Å². The minimum atomic E-state index is -2.58. The van der Waals surface area contributed by atoms with Gasteiger partial charge in [0.15, 0.2) is 0 Å². The quantitative estimate of drug-likeness (QED) is 0.147. The van der Waals surface area contributed by atoms with Crippen molar-refractivity contribution in [1.82, 2.24) is 4.90 Å². The smallest absolute Gasteiger partial charge is 0.389 e. The Balaban J connectivity index is 4.19. The van der Waals surface area contributed by atoms with Gasteiger partial charge in [0.2, 0.25) is 0 Å². The third-order valence-corrected chi connectivity index (χ3v) is 8.44. The van der Waals surface area contributed by atoms with Crippen LogP contribution >= 0.6 is 0 Å². The molecule has 0 saturated carbocycles. The van der Waals surface area contributed by atoms with Gasteiger partial charge >= 0.3 is 8.80 Å². The van der Waals surface area contributed by atoms with Crippen LogP contribution in [-0.4, -0.2) is 110 Å². The summed E-state index contributed by atoms with van der Waals surface area (Å²) >= 11 is 0. The average molecular weight is 483 g/mol. The fraction of sp³-hybridized carbons (Fsp3) is 1.00. The van der Waals surface area contributed by atoms with Gasteiger partial charge in [0.05, 0.1) is 25.4 Å². The number of aliphatic hydroxyl groups is 2. The maximum atomic E-state index is 10.4. The monoisotopic (exact) mass is 482 g/mol. The summed E-state index contributed by atoms with van der Waals surface area (Å²) in [4.78, 5) is 1.95. The summed E-state index contributed by atoms with van der Waals surface area (Å²) in [5.74, 6) is 0.547. The van der Waals surface area contributed by atoms with E-state index >= 15 is 0 Å². The van der Waals surface area contributed by atoms with Crippen molar-refractivity contribution in [3.05, 3.63) is 0 Å². The van der Waals surface area contributed by atoms with Crippen molar-refractivity contribution in [2.45, 2.75) is 64.2 Å². The highest BCUT2D eigenvalue weighted by atomic mass is 28.4. The number of rotatable bonds is 23. The number of nitrogens with zero attached hydrogens (tertiary/aromatic N) is 1. The zero-order chi connectivity index (χ0) is 24.2. The highest BCUT2D eigenvalue weighted by molar-refractivity contribution is 6.60. The Bertz CT molecular complexity index is 411. The molecule has 0 radical (unpaired) electrons. The summed E-state index contributed by atoms with van der Waals surface area (Å²) in [6, 6.07) is 0.648. The molecular formula is C22H50N2O7Si. The number of aliphatic hydroxyl groups excluding tert-OH is 2. The second-order valence-electron chi connectivity index (χ2n) is 8.28. The van der Waals surface area contributed by atoms with Gasteiger partial charge in [-0.05, 0) is 18.8 Å². The SMILES string of the molecule is CCCCC(CC)COCC(O)CN(CCN)CC(O)COCCC[Si](OC)(OC)OC. The van der Waals surface area contributed by atoms with Crippen LogP contribution in [0, 0.1) is 5.92 Å². The molecule has 10 heteroatoms. The molecule has 194 valence electrons. The molecule has 0 spiro atoms. The largest absolute Gasteiger partial charge is 0.500 e. The Hall–Kier alpha value is -0.143. The normalized spacial score (nSPS) is 15.3. The van der Waals surface area contributed by atoms with Crippen LogP contribution in [0.15, 0.2) is 0 Å². The van der Waals surface area contributed by atoms with E-state index in [1.165, 1.54) is 19.3 Å². The van der Waals surface area contributed by atoms with Gasteiger partial charge in [0.1, 0.15) is 0 Å². The van der Waals surface area contributed by atoms with E-state index < -0.39 is 21.0 Å². The predicted molar refractivity (Wildman–Crippen MR) is 129 cm³/mol. The van der Waals surface area contributed by atoms with Crippen LogP contribution in [0.3, 0.4) is 0 Å². The van der Waals surface area contributed by atoms with E-state index in [1.54, 1.807) is 21.3 Å². The zero-order valence-corrected chi connectivity index (χ0v) is 22.1. The van der Waals surface area contributed by atoms with Crippen molar-refractivity contribution in [3.63, 3.8) is 0 Å². The van der Waals surface area contributed by atoms with E-state index in [9.17, 15) is 10.2 Å². The molecule has 0 saturated heterocycles. The van der Waals surface area contributed by atoms with Gasteiger partial charge in [-0.1, -0.05) is 33.1 Å². The molecule has 0 bridgehead atoms. The van der Waals surface area contributed by atoms with E-state index in [1.807, 2.05) is 4.90 Å². The van der Waals surface area contributed by atoms with Crippen molar-refractivity contribution >= 4 is 8.80 Å². The Kier molecular flexibility index (Phi) is 20.2. The first-order valence-corrected chi connectivity index (χ1v) is 13.9. The highest BCUT2D eigenvalue weighted by Crippen LogP contribution is 2.15. The molecule has 0 aromatic heterocycles. The lowest BCUT2D eigenvalue weighted by atomic mass is 10.0. The summed E-state index contributed by atoms with van der Waals surface area (Å²) in [5.41, 5.74) is 5.71. The van der Waals surface area contributed by atoms with Gasteiger partial charge in [0.25, 0.3) is 0 Å². The molecule has 0 fully saturated rings. The molecule has 3 atom stereocenters. The topological polar surface area (TPSA) is 116 Å². The maximum Gasteiger partial charge on any atom is 0.500 e. The van der Waals surface area contributed by atoms with E-state index in [0.29, 0.717) is 64.4 Å². The lowest BCUT2D eigenvalue weighted by Crippen LogP contribution is -2.43. The Morgan fingerprint density at radius 2 is 1.47 bits per heavy atom. The first kappa shape index (κ1) is 31.9. The molecule has 0 aromatic rings. The number of hydrogen-bond donors (Lipinski definition) is 3. The number of nitrogens with two attached hydrogens (primary N) is 1. The van der Waals surface area contributed by atoms with E-state index in [0.717, 1.165) is 6.42 Å². The predicted octanol–water partition coefficient (Wildman–Crippen LogP) is 1.49. The second kappa shape index (κ2) is 20.2. The van der Waals surface area contributed by atoms with Gasteiger partial charge in [-0.15, -0.1) is 0 Å². The molecule has 4 N–H and O–H groups in total. The van der Waals surface area contributed by atoms with Gasteiger partial charge < -0.3 is 38.7 Å². The van der Waals surface area contributed by atoms with Gasteiger partial charge in [0, 0.05) is 66.8 Å². The van der Waals surface area contributed by atoms with E-state index in [4.69, 9.17) is 28.5 Å². The molecule has 9 nitrogen and oxygen atoms in total. The van der Waals surface area contributed by atoms with Gasteiger partial charge in [-0.3, -0.25) is 4.90 Å². The standard InChI is InChI=1S/C22H50N2O7Si/c1-6-8-10-20(7-2)17-31-19-22(26)16-24(12-11-23)15-21(25)18-30-13-9-14-32(27-3,28-4)29-5/h20-22,25-26H,6-19,23H2,1-5H3. The summed E-state index contributed by atoms with van der Waals surface area (Å²) in [7, 11) is 2.18. The molecule has 0 aliphatic carbocycles. The number of hydrogen-bond acceptors (Lipinski definition) is 9. The van der Waals surface area contributed by atoms with Crippen LogP contribution in [0.25, 0.3) is 0 Å². The van der Waals surface area contributed by atoms with E-state index in [-0.39, 0.29) is 6.61 Å². The molecule has 3 unspecified atom stereocenters. The molecule has 0 aliphatic rings. The lowest BCUT2D eigenvalue weighted by molar-refractivity contribution is -0.0155. The van der Waals surface area contributed by atoms with Crippen molar-refractivity contribution in [2.75, 3.05) is 73.9 Å². The van der Waals surface area contributed by atoms with Gasteiger partial charge in [-0.25, -0.2) is 0 Å². The third kappa shape index (κ3) is 14.9. The van der Waals surface area contributed by atoms with Gasteiger partial charge in [-0.2, -0.15) is 0 Å². The molecule has 0 heterocycles. The number of ether oxygens (including phenoxy) is 2. The van der Waals surface area contributed by atoms with Crippen LogP contribution in [0.5, 0.6) is 0 Å². The third-order valence-electron chi connectivity index (χ3n) is 5.61. The molecule has 0 aromatic carbocycles. The molecular weight excluding hydrogens is 432 g/mol. The zero-order valence-electron chi connectivity index (χ0n) is 21.1. The van der Waals surface area contributed by atoms with Crippen molar-refractivity contribution in [3.8, 4) is 0 Å². The molecule has 0 amide bonds. The first-order chi connectivity index (χ1) is 15.4. The summed E-state index contributed by atoms with van der Waals surface area (Å²) in [5, 5.41) is 20.7. The second-order valence-corrected chi connectivity index (χ2v) is 11.4. The fourth-order valence-corrected chi connectivity index (χ4v) is 5.27. The van der Waals surface area contributed by atoms with Crippen LogP contribution in [0.4, 0.5) is 0 Å².